The number of thioether (sulfide) groups is 1. The van der Waals surface area contributed by atoms with Crippen molar-refractivity contribution in [1.82, 2.24) is 0 Å². The minimum Gasteiger partial charge on any atom is -0.366 e. The zero-order valence-electron chi connectivity index (χ0n) is 9.99. The number of primary amides is 1. The Labute approximate surface area is 130 Å². The molecule has 0 aliphatic rings. The second kappa shape index (κ2) is 7.80. The predicted molar refractivity (Wildman–Crippen MR) is 84.2 cm³/mol. The quantitative estimate of drug-likeness (QED) is 0.385. The molecule has 0 fully saturated rings. The van der Waals surface area contributed by atoms with Crippen LogP contribution in [0.2, 0.25) is 15.1 Å². The lowest BCUT2D eigenvalue weighted by Crippen LogP contribution is -2.05. The van der Waals surface area contributed by atoms with Gasteiger partial charge in [-0.05, 0) is 19.1 Å². The zero-order valence-corrected chi connectivity index (χ0v) is 13.1. The predicted octanol–water partition coefficient (Wildman–Crippen LogP) is 4.30. The van der Waals surface area contributed by atoms with Crippen LogP contribution < -0.4 is 5.73 Å². The Morgan fingerprint density at radius 2 is 2.00 bits per heavy atom. The molecule has 0 heterocycles. The van der Waals surface area contributed by atoms with Gasteiger partial charge in [-0.1, -0.05) is 34.8 Å². The van der Waals surface area contributed by atoms with Crippen molar-refractivity contribution in [1.29, 1.82) is 0 Å². The minimum absolute atomic E-state index is 0.446. The zero-order chi connectivity index (χ0) is 14.4. The van der Waals surface area contributed by atoms with E-state index in [0.29, 0.717) is 20.8 Å². The number of hydrogen-bond acceptors (Lipinski definition) is 3. The second-order valence-electron chi connectivity index (χ2n) is 3.48. The van der Waals surface area contributed by atoms with Gasteiger partial charge in [0, 0.05) is 28.6 Å². The number of benzene rings is 1. The maximum Gasteiger partial charge on any atom is 0.242 e. The average molecular weight is 338 g/mol. The summed E-state index contributed by atoms with van der Waals surface area (Å²) in [5.74, 6) is 0.000284. The first-order valence-electron chi connectivity index (χ1n) is 5.17. The molecule has 7 heteroatoms. The molecular weight excluding hydrogens is 327 g/mol. The molecule has 0 aliphatic heterocycles. The molecule has 0 aromatic heterocycles. The van der Waals surface area contributed by atoms with Crippen LogP contribution in [0.3, 0.4) is 0 Å². The fourth-order valence-corrected chi connectivity index (χ4v) is 2.76. The number of carbonyl (C=O) groups excluding carboxylic acids is 1. The van der Waals surface area contributed by atoms with Crippen LogP contribution in [0.25, 0.3) is 0 Å². The molecule has 102 valence electrons. The number of amides is 1. The highest BCUT2D eigenvalue weighted by molar-refractivity contribution is 8.13. The summed E-state index contributed by atoms with van der Waals surface area (Å²) in [7, 11) is 0. The van der Waals surface area contributed by atoms with Crippen LogP contribution in [-0.4, -0.2) is 11.0 Å². The van der Waals surface area contributed by atoms with E-state index < -0.39 is 5.91 Å². The summed E-state index contributed by atoms with van der Waals surface area (Å²) in [6.45, 7) is 1.81. The van der Waals surface area contributed by atoms with Crippen molar-refractivity contribution in [2.75, 3.05) is 0 Å². The van der Waals surface area contributed by atoms with E-state index in [2.05, 4.69) is 4.99 Å². The number of rotatable bonds is 4. The smallest absolute Gasteiger partial charge is 0.242 e. The van der Waals surface area contributed by atoms with Crippen LogP contribution >= 0.6 is 46.6 Å². The van der Waals surface area contributed by atoms with Gasteiger partial charge in [-0.15, -0.1) is 11.8 Å². The minimum atomic E-state index is -0.539. The van der Waals surface area contributed by atoms with Crippen LogP contribution in [0, 0.1) is 0 Å². The van der Waals surface area contributed by atoms with E-state index in [0.717, 1.165) is 10.6 Å². The fraction of sp³-hybridized carbons (Fsp3) is 0.167. The number of aliphatic imine (C=N–C) groups is 1. The molecule has 0 unspecified atom stereocenters. The van der Waals surface area contributed by atoms with Crippen molar-refractivity contribution in [2.24, 2.45) is 10.7 Å². The van der Waals surface area contributed by atoms with Gasteiger partial charge in [-0.2, -0.15) is 0 Å². The summed E-state index contributed by atoms with van der Waals surface area (Å²) in [6, 6.07) is 3.35. The van der Waals surface area contributed by atoms with Crippen LogP contribution in [0.15, 0.2) is 29.4 Å². The van der Waals surface area contributed by atoms with Gasteiger partial charge >= 0.3 is 0 Å². The lowest BCUT2D eigenvalue weighted by molar-refractivity contribution is -0.113. The normalized spacial score (nSPS) is 12.1. The Balaban J connectivity index is 2.72. The monoisotopic (exact) mass is 336 g/mol. The molecule has 0 aliphatic carbocycles. The molecular formula is C12H11Cl3N2OS. The largest absolute Gasteiger partial charge is 0.366 e. The third-order valence-electron chi connectivity index (χ3n) is 2.06. The van der Waals surface area contributed by atoms with E-state index in [1.54, 1.807) is 12.1 Å². The number of nitrogens with two attached hydrogens (primary N) is 1. The second-order valence-corrected chi connectivity index (χ2v) is 5.84. The lowest BCUT2D eigenvalue weighted by Gasteiger charge is -2.07. The molecule has 1 amide bonds. The number of nitrogens with zero attached hydrogens (tertiary/aromatic N) is 1. The Morgan fingerprint density at radius 1 is 1.37 bits per heavy atom. The Hall–Kier alpha value is -0.680. The van der Waals surface area contributed by atoms with Gasteiger partial charge in [-0.25, -0.2) is 0 Å². The highest BCUT2D eigenvalue weighted by Crippen LogP contribution is 2.34. The molecule has 0 saturated heterocycles. The van der Waals surface area contributed by atoms with E-state index in [1.807, 2.05) is 6.92 Å². The molecule has 19 heavy (non-hydrogen) atoms. The van der Waals surface area contributed by atoms with E-state index in [-0.39, 0.29) is 0 Å². The van der Waals surface area contributed by atoms with Crippen molar-refractivity contribution in [2.45, 2.75) is 12.7 Å². The van der Waals surface area contributed by atoms with Crippen LogP contribution in [0.4, 0.5) is 0 Å². The molecule has 1 aromatic rings. The Morgan fingerprint density at radius 3 is 2.63 bits per heavy atom. The fourth-order valence-electron chi connectivity index (χ4n) is 1.13. The van der Waals surface area contributed by atoms with Crippen molar-refractivity contribution in [3.8, 4) is 0 Å². The van der Waals surface area contributed by atoms with Gasteiger partial charge in [0.2, 0.25) is 5.91 Å². The van der Waals surface area contributed by atoms with Gasteiger partial charge in [0.05, 0.1) is 15.1 Å². The maximum absolute atomic E-state index is 10.5. The van der Waals surface area contributed by atoms with Gasteiger partial charge < -0.3 is 5.73 Å². The standard InChI is InChI=1S/C12H11Cl3N2OS/c1-7(17-5-4-11(16)18)19-6-8-9(13)2-3-10(14)12(8)15/h2-5H,6H2,1H3,(H2,16,18)/b5-4-,17-7?. The van der Waals surface area contributed by atoms with E-state index in [1.165, 1.54) is 24.0 Å². The summed E-state index contributed by atoms with van der Waals surface area (Å²) in [4.78, 5) is 14.5. The Kier molecular flexibility index (Phi) is 6.72. The van der Waals surface area contributed by atoms with E-state index in [9.17, 15) is 4.79 Å². The molecule has 0 saturated carbocycles. The van der Waals surface area contributed by atoms with Crippen LogP contribution in [0.1, 0.15) is 12.5 Å². The summed E-state index contributed by atoms with van der Waals surface area (Å²) in [5.41, 5.74) is 5.71. The van der Waals surface area contributed by atoms with Crippen molar-refractivity contribution >= 4 is 57.5 Å². The molecule has 2 N–H and O–H groups in total. The topological polar surface area (TPSA) is 55.4 Å². The molecule has 1 rings (SSSR count). The van der Waals surface area contributed by atoms with Crippen LogP contribution in [-0.2, 0) is 10.5 Å². The summed E-state index contributed by atoms with van der Waals surface area (Å²) in [6.07, 6.45) is 2.54. The van der Waals surface area contributed by atoms with Crippen molar-refractivity contribution in [3.05, 3.63) is 45.0 Å². The molecule has 0 atom stereocenters. The van der Waals surface area contributed by atoms with Crippen LogP contribution in [0.5, 0.6) is 0 Å². The molecule has 0 bridgehead atoms. The van der Waals surface area contributed by atoms with Gasteiger partial charge in [0.1, 0.15) is 0 Å². The summed E-state index contributed by atoms with van der Waals surface area (Å²) in [5, 5.41) is 2.22. The first kappa shape index (κ1) is 16.4. The van der Waals surface area contributed by atoms with Crippen molar-refractivity contribution in [3.63, 3.8) is 0 Å². The first-order valence-corrected chi connectivity index (χ1v) is 7.29. The van der Waals surface area contributed by atoms with Gasteiger partial charge in [0.25, 0.3) is 0 Å². The summed E-state index contributed by atoms with van der Waals surface area (Å²) >= 11 is 19.5. The molecule has 0 radical (unpaired) electrons. The van der Waals surface area contributed by atoms with Crippen molar-refractivity contribution < 1.29 is 4.79 Å². The highest BCUT2D eigenvalue weighted by atomic mass is 35.5. The highest BCUT2D eigenvalue weighted by Gasteiger charge is 2.10. The maximum atomic E-state index is 10.5. The first-order chi connectivity index (χ1) is 8.91. The molecule has 3 nitrogen and oxygen atoms in total. The average Bonchev–Trinajstić information content (AvgIpc) is 2.33. The Bertz CT molecular complexity index is 544. The third kappa shape index (κ3) is 5.45. The number of hydrogen-bond donors (Lipinski definition) is 1. The van der Waals surface area contributed by atoms with E-state index >= 15 is 0 Å². The molecule has 0 spiro atoms. The number of halogens is 3. The van der Waals surface area contributed by atoms with Gasteiger partial charge in [-0.3, -0.25) is 9.79 Å². The third-order valence-corrected chi connectivity index (χ3v) is 4.21. The van der Waals surface area contributed by atoms with E-state index in [4.69, 9.17) is 40.5 Å². The summed E-state index contributed by atoms with van der Waals surface area (Å²) < 4.78 is 0. The number of carbonyl (C=O) groups is 1. The lowest BCUT2D eigenvalue weighted by atomic mass is 10.2. The SMILES string of the molecule is CC(=N/C=C\C(N)=O)SCc1c(Cl)ccc(Cl)c1Cl. The molecule has 1 aromatic carbocycles. The van der Waals surface area contributed by atoms with Gasteiger partial charge in [0.15, 0.2) is 0 Å².